The van der Waals surface area contributed by atoms with Crippen LogP contribution in [0.15, 0.2) is 18.2 Å². The lowest BCUT2D eigenvalue weighted by atomic mass is 9.83. The zero-order chi connectivity index (χ0) is 20.5. The molecule has 1 amide bonds. The Morgan fingerprint density at radius 2 is 1.83 bits per heavy atom. The zero-order valence-electron chi connectivity index (χ0n) is 17.8. The first kappa shape index (κ1) is 20.1. The summed E-state index contributed by atoms with van der Waals surface area (Å²) in [6, 6.07) is 6.57. The molecule has 3 heterocycles. The predicted molar refractivity (Wildman–Crippen MR) is 114 cm³/mol. The molecule has 1 N–H and O–H groups in total. The van der Waals surface area contributed by atoms with Gasteiger partial charge in [0.1, 0.15) is 13.2 Å². The van der Waals surface area contributed by atoms with Crippen molar-refractivity contribution in [3.05, 3.63) is 23.8 Å². The van der Waals surface area contributed by atoms with E-state index in [9.17, 15) is 9.90 Å². The largest absolute Gasteiger partial charge is 0.486 e. The highest BCUT2D eigenvalue weighted by Crippen LogP contribution is 2.39. The number of fused-ring (bicyclic) bond motifs is 1. The van der Waals surface area contributed by atoms with Crippen molar-refractivity contribution in [1.82, 2.24) is 9.80 Å². The fourth-order valence-electron chi connectivity index (χ4n) is 6.04. The van der Waals surface area contributed by atoms with E-state index < -0.39 is 0 Å². The minimum Gasteiger partial charge on any atom is -0.486 e. The molecule has 30 heavy (non-hydrogen) atoms. The molecule has 2 saturated heterocycles. The lowest BCUT2D eigenvalue weighted by Gasteiger charge is -2.35. The van der Waals surface area contributed by atoms with Gasteiger partial charge in [-0.1, -0.05) is 25.3 Å². The van der Waals surface area contributed by atoms with Crippen molar-refractivity contribution < 1.29 is 19.4 Å². The molecule has 3 aliphatic heterocycles. The number of aliphatic hydroxyl groups is 1. The highest BCUT2D eigenvalue weighted by Gasteiger charge is 2.39. The second kappa shape index (κ2) is 8.75. The van der Waals surface area contributed by atoms with Crippen molar-refractivity contribution in [2.45, 2.75) is 69.6 Å². The minimum atomic E-state index is -0.295. The normalized spacial score (nSPS) is 30.0. The Kier molecular flexibility index (Phi) is 5.87. The molecular formula is C24H34N2O4. The first-order chi connectivity index (χ1) is 14.7. The Bertz CT molecular complexity index is 764. The number of aliphatic hydroxyl groups excluding tert-OH is 1. The van der Waals surface area contributed by atoms with Crippen LogP contribution in [-0.2, 0) is 4.79 Å². The molecule has 4 aliphatic rings. The number of carbonyl (C=O) groups excluding carboxylic acids is 1. The van der Waals surface area contributed by atoms with E-state index in [1.807, 2.05) is 11.0 Å². The van der Waals surface area contributed by atoms with Crippen molar-refractivity contribution in [1.29, 1.82) is 0 Å². The van der Waals surface area contributed by atoms with E-state index in [-0.39, 0.29) is 18.1 Å². The Morgan fingerprint density at radius 1 is 1.03 bits per heavy atom. The standard InChI is InChI=1S/C24H34N2O4/c27-19-14-21(17-5-2-1-3-6-17)25(15-19)16-24(28)26-10-4-7-20(26)18-8-9-22-23(13-18)30-12-11-29-22/h8-9,13,17,19-21,27H,1-7,10-12,14-16H2. The second-order valence-corrected chi connectivity index (χ2v) is 9.43. The van der Waals surface area contributed by atoms with Gasteiger partial charge in [-0.25, -0.2) is 0 Å². The minimum absolute atomic E-state index is 0.106. The maximum Gasteiger partial charge on any atom is 0.237 e. The summed E-state index contributed by atoms with van der Waals surface area (Å²) in [5.41, 5.74) is 1.13. The zero-order valence-corrected chi connectivity index (χ0v) is 17.8. The SMILES string of the molecule is O=C(CN1CC(O)CC1C1CCCCC1)N1CCCC1c1ccc2c(c1)OCCO2. The maximum absolute atomic E-state index is 13.4. The molecule has 6 nitrogen and oxygen atoms in total. The molecule has 3 unspecified atom stereocenters. The van der Waals surface area contributed by atoms with Gasteiger partial charge >= 0.3 is 0 Å². The van der Waals surface area contributed by atoms with Gasteiger partial charge in [-0.3, -0.25) is 9.69 Å². The van der Waals surface area contributed by atoms with Gasteiger partial charge in [0.2, 0.25) is 5.91 Å². The van der Waals surface area contributed by atoms with E-state index in [0.29, 0.717) is 38.3 Å². The van der Waals surface area contributed by atoms with Crippen LogP contribution in [0, 0.1) is 5.92 Å². The second-order valence-electron chi connectivity index (χ2n) is 9.43. The molecule has 164 valence electrons. The third kappa shape index (κ3) is 4.04. The number of ether oxygens (including phenoxy) is 2. The van der Waals surface area contributed by atoms with Crippen LogP contribution in [0.3, 0.4) is 0 Å². The molecule has 1 aromatic carbocycles. The van der Waals surface area contributed by atoms with Crippen LogP contribution in [0.25, 0.3) is 0 Å². The molecule has 5 rings (SSSR count). The smallest absolute Gasteiger partial charge is 0.237 e. The number of β-amino-alcohol motifs (C(OH)–C–C–N with tert-alkyl or cyclic N) is 1. The molecule has 0 radical (unpaired) electrons. The van der Waals surface area contributed by atoms with Crippen molar-refractivity contribution >= 4 is 5.91 Å². The van der Waals surface area contributed by atoms with Gasteiger partial charge in [0.15, 0.2) is 11.5 Å². The number of amides is 1. The summed E-state index contributed by atoms with van der Waals surface area (Å²) in [6.45, 7) is 3.03. The quantitative estimate of drug-likeness (QED) is 0.820. The molecule has 1 aromatic rings. The third-order valence-corrected chi connectivity index (χ3v) is 7.48. The maximum atomic E-state index is 13.4. The fraction of sp³-hybridized carbons (Fsp3) is 0.708. The average Bonchev–Trinajstić information content (AvgIpc) is 3.41. The fourth-order valence-corrected chi connectivity index (χ4v) is 6.04. The lowest BCUT2D eigenvalue weighted by Crippen LogP contribution is -2.44. The Labute approximate surface area is 179 Å². The third-order valence-electron chi connectivity index (χ3n) is 7.48. The Hall–Kier alpha value is -1.79. The highest BCUT2D eigenvalue weighted by molar-refractivity contribution is 5.79. The van der Waals surface area contributed by atoms with E-state index >= 15 is 0 Å². The molecule has 1 saturated carbocycles. The molecule has 0 spiro atoms. The van der Waals surface area contributed by atoms with Crippen LogP contribution in [-0.4, -0.2) is 65.8 Å². The first-order valence-corrected chi connectivity index (χ1v) is 11.8. The van der Waals surface area contributed by atoms with Gasteiger partial charge in [0.25, 0.3) is 0 Å². The van der Waals surface area contributed by atoms with Crippen molar-refractivity contribution in [3.8, 4) is 11.5 Å². The lowest BCUT2D eigenvalue weighted by molar-refractivity contribution is -0.134. The summed E-state index contributed by atoms with van der Waals surface area (Å²) < 4.78 is 11.4. The van der Waals surface area contributed by atoms with Crippen molar-refractivity contribution in [3.63, 3.8) is 0 Å². The summed E-state index contributed by atoms with van der Waals surface area (Å²) in [5.74, 6) is 2.42. The molecule has 3 atom stereocenters. The van der Waals surface area contributed by atoms with Gasteiger partial charge in [-0.05, 0) is 55.7 Å². The number of hydrogen-bond donors (Lipinski definition) is 1. The first-order valence-electron chi connectivity index (χ1n) is 11.8. The van der Waals surface area contributed by atoms with Crippen LogP contribution in [0.2, 0.25) is 0 Å². The average molecular weight is 415 g/mol. The van der Waals surface area contributed by atoms with E-state index in [4.69, 9.17) is 9.47 Å². The van der Waals surface area contributed by atoms with Crippen molar-refractivity contribution in [2.24, 2.45) is 5.92 Å². The van der Waals surface area contributed by atoms with Crippen LogP contribution in [0.5, 0.6) is 11.5 Å². The van der Waals surface area contributed by atoms with Crippen LogP contribution >= 0.6 is 0 Å². The Balaban J connectivity index is 1.28. The molecule has 0 aromatic heterocycles. The number of hydrogen-bond acceptors (Lipinski definition) is 5. The van der Waals surface area contributed by atoms with Gasteiger partial charge in [-0.15, -0.1) is 0 Å². The summed E-state index contributed by atoms with van der Waals surface area (Å²) in [7, 11) is 0. The molecular weight excluding hydrogens is 380 g/mol. The summed E-state index contributed by atoms with van der Waals surface area (Å²) in [6.07, 6.45) is 8.93. The summed E-state index contributed by atoms with van der Waals surface area (Å²) in [4.78, 5) is 17.7. The Morgan fingerprint density at radius 3 is 2.67 bits per heavy atom. The molecule has 0 bridgehead atoms. The summed E-state index contributed by atoms with van der Waals surface area (Å²) in [5, 5.41) is 10.3. The predicted octanol–water partition coefficient (Wildman–Crippen LogP) is 3.14. The van der Waals surface area contributed by atoms with Crippen LogP contribution in [0.4, 0.5) is 0 Å². The number of benzene rings is 1. The van der Waals surface area contributed by atoms with Gasteiger partial charge in [0.05, 0.1) is 18.7 Å². The van der Waals surface area contributed by atoms with Gasteiger partial charge < -0.3 is 19.5 Å². The number of carbonyl (C=O) groups is 1. The van der Waals surface area contributed by atoms with Crippen LogP contribution in [0.1, 0.15) is 63.0 Å². The topological polar surface area (TPSA) is 62.2 Å². The number of nitrogens with zero attached hydrogens (tertiary/aromatic N) is 2. The van der Waals surface area contributed by atoms with Crippen molar-refractivity contribution in [2.75, 3.05) is 32.8 Å². The summed E-state index contributed by atoms with van der Waals surface area (Å²) >= 11 is 0. The van der Waals surface area contributed by atoms with E-state index in [1.54, 1.807) is 0 Å². The highest BCUT2D eigenvalue weighted by atomic mass is 16.6. The number of likely N-dealkylation sites (tertiary alicyclic amines) is 2. The monoisotopic (exact) mass is 414 g/mol. The molecule has 1 aliphatic carbocycles. The van der Waals surface area contributed by atoms with E-state index in [1.165, 1.54) is 32.1 Å². The molecule has 6 heteroatoms. The van der Waals surface area contributed by atoms with Gasteiger partial charge in [0, 0.05) is 19.1 Å². The van der Waals surface area contributed by atoms with Gasteiger partial charge in [-0.2, -0.15) is 0 Å². The van der Waals surface area contributed by atoms with Crippen LogP contribution < -0.4 is 9.47 Å². The molecule has 3 fully saturated rings. The van der Waals surface area contributed by atoms with E-state index in [0.717, 1.165) is 42.9 Å². The van der Waals surface area contributed by atoms with E-state index in [2.05, 4.69) is 17.0 Å². The number of rotatable bonds is 4.